The number of carbonyl (C=O) groups is 1. The van der Waals surface area contributed by atoms with Crippen molar-refractivity contribution >= 4 is 51.3 Å². The third kappa shape index (κ3) is 3.59. The molecular formula is C15H16BrClN2OS. The Morgan fingerprint density at radius 2 is 2.24 bits per heavy atom. The lowest BCUT2D eigenvalue weighted by Crippen LogP contribution is -2.25. The molecule has 1 aromatic carbocycles. The number of nitrogens with one attached hydrogen (secondary N) is 1. The summed E-state index contributed by atoms with van der Waals surface area (Å²) < 4.78 is 1.07. The van der Waals surface area contributed by atoms with E-state index in [0.29, 0.717) is 6.54 Å². The van der Waals surface area contributed by atoms with Crippen LogP contribution in [-0.2, 0) is 13.0 Å². The fraction of sp³-hybridized carbons (Fsp3) is 0.267. The number of hydrogen-bond acceptors (Lipinski definition) is 3. The molecule has 2 heterocycles. The van der Waals surface area contributed by atoms with Crippen LogP contribution in [0.15, 0.2) is 34.1 Å². The zero-order chi connectivity index (χ0) is 14.1. The molecule has 0 saturated heterocycles. The maximum absolute atomic E-state index is 12.5. The fourth-order valence-corrected chi connectivity index (χ4v) is 3.90. The van der Waals surface area contributed by atoms with Crippen LogP contribution >= 0.6 is 39.7 Å². The SMILES string of the molecule is CN(Cc1cc(Br)cs1)C(=O)c1ccc2c(c1)CCN2.Cl. The quantitative estimate of drug-likeness (QED) is 0.857. The predicted octanol–water partition coefficient (Wildman–Crippen LogP) is 4.17. The van der Waals surface area contributed by atoms with E-state index in [1.807, 2.05) is 30.6 Å². The maximum atomic E-state index is 12.5. The van der Waals surface area contributed by atoms with Gasteiger partial charge >= 0.3 is 0 Å². The molecule has 0 radical (unpaired) electrons. The second-order valence-electron chi connectivity index (χ2n) is 4.94. The van der Waals surface area contributed by atoms with Crippen LogP contribution in [0.2, 0.25) is 0 Å². The molecule has 0 atom stereocenters. The molecule has 0 aliphatic carbocycles. The zero-order valence-electron chi connectivity index (χ0n) is 11.6. The molecule has 1 aliphatic rings. The van der Waals surface area contributed by atoms with Gasteiger partial charge in [-0.25, -0.2) is 0 Å². The number of hydrogen-bond donors (Lipinski definition) is 1. The van der Waals surface area contributed by atoms with E-state index in [1.165, 1.54) is 10.4 Å². The van der Waals surface area contributed by atoms with Crippen LogP contribution in [0, 0.1) is 0 Å². The number of amides is 1. The van der Waals surface area contributed by atoms with Crippen LogP contribution in [-0.4, -0.2) is 24.4 Å². The monoisotopic (exact) mass is 386 g/mol. The minimum Gasteiger partial charge on any atom is -0.384 e. The lowest BCUT2D eigenvalue weighted by Gasteiger charge is -2.16. The van der Waals surface area contributed by atoms with Crippen LogP contribution in [0.25, 0.3) is 0 Å². The smallest absolute Gasteiger partial charge is 0.253 e. The van der Waals surface area contributed by atoms with Gasteiger partial charge in [0.05, 0.1) is 6.54 Å². The standard InChI is InChI=1S/C15H15BrN2OS.ClH/c1-18(8-13-7-12(16)9-20-13)15(19)11-2-3-14-10(6-11)4-5-17-14;/h2-3,6-7,9,17H,4-5,8H2,1H3;1H. The highest BCUT2D eigenvalue weighted by molar-refractivity contribution is 9.10. The van der Waals surface area contributed by atoms with Crippen LogP contribution in [0.1, 0.15) is 20.8 Å². The predicted molar refractivity (Wildman–Crippen MR) is 93.7 cm³/mol. The van der Waals surface area contributed by atoms with E-state index in [1.54, 1.807) is 16.2 Å². The lowest BCUT2D eigenvalue weighted by molar-refractivity contribution is 0.0786. The zero-order valence-corrected chi connectivity index (χ0v) is 14.8. The van der Waals surface area contributed by atoms with Crippen molar-refractivity contribution in [1.82, 2.24) is 4.90 Å². The summed E-state index contributed by atoms with van der Waals surface area (Å²) in [7, 11) is 1.85. The summed E-state index contributed by atoms with van der Waals surface area (Å²) in [5.41, 5.74) is 3.17. The third-order valence-electron chi connectivity index (χ3n) is 3.42. The van der Waals surface area contributed by atoms with E-state index >= 15 is 0 Å². The Morgan fingerprint density at radius 3 is 2.95 bits per heavy atom. The molecule has 3 rings (SSSR count). The van der Waals surface area contributed by atoms with Gasteiger partial charge in [-0.3, -0.25) is 4.79 Å². The number of nitrogens with zero attached hydrogens (tertiary/aromatic N) is 1. The normalized spacial score (nSPS) is 12.3. The molecule has 0 saturated carbocycles. The molecule has 112 valence electrons. The number of thiophene rings is 1. The van der Waals surface area contributed by atoms with Crippen molar-refractivity contribution in [2.75, 3.05) is 18.9 Å². The van der Waals surface area contributed by atoms with Crippen molar-refractivity contribution in [2.45, 2.75) is 13.0 Å². The number of carbonyl (C=O) groups excluding carboxylic acids is 1. The highest BCUT2D eigenvalue weighted by Gasteiger charge is 2.16. The van der Waals surface area contributed by atoms with Crippen LogP contribution < -0.4 is 5.32 Å². The first-order valence-corrected chi connectivity index (χ1v) is 8.16. The number of benzene rings is 1. The Kier molecular flexibility index (Phi) is 5.30. The topological polar surface area (TPSA) is 32.3 Å². The fourth-order valence-electron chi connectivity index (χ4n) is 2.40. The van der Waals surface area contributed by atoms with Gasteiger partial charge < -0.3 is 10.2 Å². The Hall–Kier alpha value is -1.04. The molecule has 1 aliphatic heterocycles. The molecule has 2 aromatic rings. The summed E-state index contributed by atoms with van der Waals surface area (Å²) in [4.78, 5) is 15.4. The summed E-state index contributed by atoms with van der Waals surface area (Å²) in [5.74, 6) is 0.0734. The van der Waals surface area contributed by atoms with E-state index in [-0.39, 0.29) is 18.3 Å². The van der Waals surface area contributed by atoms with Gasteiger partial charge in [-0.1, -0.05) is 0 Å². The van der Waals surface area contributed by atoms with Gasteiger partial charge in [-0.05, 0) is 52.2 Å². The van der Waals surface area contributed by atoms with Gasteiger partial charge in [-0.2, -0.15) is 0 Å². The first-order valence-electron chi connectivity index (χ1n) is 6.48. The van der Waals surface area contributed by atoms with E-state index in [4.69, 9.17) is 0 Å². The Labute approximate surface area is 142 Å². The lowest BCUT2D eigenvalue weighted by atomic mass is 10.1. The first kappa shape index (κ1) is 16.3. The van der Waals surface area contributed by atoms with E-state index in [2.05, 4.69) is 27.3 Å². The summed E-state index contributed by atoms with van der Waals surface area (Å²) in [6, 6.07) is 7.98. The maximum Gasteiger partial charge on any atom is 0.253 e. The molecule has 0 spiro atoms. The van der Waals surface area contributed by atoms with Crippen molar-refractivity contribution in [3.63, 3.8) is 0 Å². The van der Waals surface area contributed by atoms with Crippen molar-refractivity contribution in [3.05, 3.63) is 50.1 Å². The largest absolute Gasteiger partial charge is 0.384 e. The molecule has 6 heteroatoms. The summed E-state index contributed by atoms with van der Waals surface area (Å²) in [6.07, 6.45) is 0.998. The van der Waals surface area contributed by atoms with E-state index in [9.17, 15) is 4.79 Å². The van der Waals surface area contributed by atoms with Gasteiger partial charge in [0.25, 0.3) is 5.91 Å². The Bertz CT molecular complexity index is 659. The number of fused-ring (bicyclic) bond motifs is 1. The first-order chi connectivity index (χ1) is 9.63. The average Bonchev–Trinajstić information content (AvgIpc) is 3.05. The third-order valence-corrected chi connectivity index (χ3v) is 5.11. The second-order valence-corrected chi connectivity index (χ2v) is 6.85. The van der Waals surface area contributed by atoms with E-state index in [0.717, 1.165) is 28.7 Å². The van der Waals surface area contributed by atoms with Crippen molar-refractivity contribution in [1.29, 1.82) is 0 Å². The van der Waals surface area contributed by atoms with Crippen molar-refractivity contribution < 1.29 is 4.79 Å². The molecule has 1 N–H and O–H groups in total. The Balaban J connectivity index is 0.00000161. The van der Waals surface area contributed by atoms with Gasteiger partial charge in [0.15, 0.2) is 0 Å². The van der Waals surface area contributed by atoms with Crippen molar-refractivity contribution in [2.24, 2.45) is 0 Å². The van der Waals surface area contributed by atoms with Crippen LogP contribution in [0.5, 0.6) is 0 Å². The van der Waals surface area contributed by atoms with Gasteiger partial charge in [0.1, 0.15) is 0 Å². The molecule has 1 aromatic heterocycles. The number of halogens is 2. The van der Waals surface area contributed by atoms with Crippen LogP contribution in [0.3, 0.4) is 0 Å². The summed E-state index contributed by atoms with van der Waals surface area (Å²) in [5, 5.41) is 5.35. The molecule has 0 fully saturated rings. The number of anilines is 1. The van der Waals surface area contributed by atoms with Gasteiger partial charge in [0, 0.05) is 39.6 Å². The van der Waals surface area contributed by atoms with Crippen molar-refractivity contribution in [3.8, 4) is 0 Å². The van der Waals surface area contributed by atoms with Gasteiger partial charge in [0.2, 0.25) is 0 Å². The molecule has 3 nitrogen and oxygen atoms in total. The Morgan fingerprint density at radius 1 is 1.43 bits per heavy atom. The molecule has 21 heavy (non-hydrogen) atoms. The molecule has 0 unspecified atom stereocenters. The molecule has 1 amide bonds. The average molecular weight is 388 g/mol. The minimum atomic E-state index is 0. The van der Waals surface area contributed by atoms with Crippen LogP contribution in [0.4, 0.5) is 5.69 Å². The molecular weight excluding hydrogens is 372 g/mol. The highest BCUT2D eigenvalue weighted by atomic mass is 79.9. The summed E-state index contributed by atoms with van der Waals surface area (Å²) in [6.45, 7) is 1.61. The molecule has 0 bridgehead atoms. The number of rotatable bonds is 3. The second kappa shape index (κ2) is 6.81. The van der Waals surface area contributed by atoms with Gasteiger partial charge in [-0.15, -0.1) is 23.7 Å². The minimum absolute atomic E-state index is 0. The summed E-state index contributed by atoms with van der Waals surface area (Å²) >= 11 is 5.10. The highest BCUT2D eigenvalue weighted by Crippen LogP contribution is 2.25. The van der Waals surface area contributed by atoms with E-state index < -0.39 is 0 Å².